The van der Waals surface area contributed by atoms with Crippen LogP contribution in [0.1, 0.15) is 37.8 Å². The fraction of sp³-hybridized carbons (Fsp3) is 0.500. The smallest absolute Gasteiger partial charge is 0.328 e. The zero-order valence-corrected chi connectivity index (χ0v) is 14.3. The molecule has 0 aromatic heterocycles. The minimum absolute atomic E-state index is 0.0401. The van der Waals surface area contributed by atoms with Crippen LogP contribution in [0.25, 0.3) is 0 Å². The molecule has 1 aromatic carbocycles. The van der Waals surface area contributed by atoms with Gasteiger partial charge in [0.05, 0.1) is 0 Å². The van der Waals surface area contributed by atoms with Gasteiger partial charge in [-0.2, -0.15) is 0 Å². The van der Waals surface area contributed by atoms with Crippen LogP contribution < -0.4 is 5.32 Å². The van der Waals surface area contributed by atoms with Gasteiger partial charge in [0.25, 0.3) is 5.91 Å². The maximum absolute atomic E-state index is 12.5. The molecule has 2 heterocycles. The standard InChI is InChI=1S/C18H23N3O3/c1-11(2)14-6-4-13(5-7-14)8-12(3)21-17(23)15-9-19-16(22)10-20(15)18(21)24/h4-7,11-12,15H,8-10H2,1-3H3,(H,19,22). The van der Waals surface area contributed by atoms with Gasteiger partial charge in [-0.15, -0.1) is 0 Å². The van der Waals surface area contributed by atoms with Gasteiger partial charge in [-0.05, 0) is 30.4 Å². The van der Waals surface area contributed by atoms with Gasteiger partial charge in [0.15, 0.2) is 0 Å². The normalized spacial score (nSPS) is 22.0. The summed E-state index contributed by atoms with van der Waals surface area (Å²) in [5.41, 5.74) is 2.35. The van der Waals surface area contributed by atoms with Gasteiger partial charge in [-0.25, -0.2) is 4.79 Å². The molecule has 0 radical (unpaired) electrons. The Labute approximate surface area is 141 Å². The Bertz CT molecular complexity index is 669. The van der Waals surface area contributed by atoms with Gasteiger partial charge in [-0.3, -0.25) is 14.5 Å². The summed E-state index contributed by atoms with van der Waals surface area (Å²) in [6, 6.07) is 7.13. The fourth-order valence-electron chi connectivity index (χ4n) is 3.33. The van der Waals surface area contributed by atoms with E-state index in [0.29, 0.717) is 12.3 Å². The molecule has 2 saturated heterocycles. The van der Waals surface area contributed by atoms with Crippen molar-refractivity contribution in [1.82, 2.24) is 15.1 Å². The summed E-state index contributed by atoms with van der Waals surface area (Å²) >= 11 is 0. The van der Waals surface area contributed by atoms with Crippen LogP contribution in [0.3, 0.4) is 0 Å². The van der Waals surface area contributed by atoms with E-state index in [0.717, 1.165) is 5.56 Å². The first-order chi connectivity index (χ1) is 11.4. The van der Waals surface area contributed by atoms with E-state index in [-0.39, 0.29) is 37.0 Å². The summed E-state index contributed by atoms with van der Waals surface area (Å²) in [5.74, 6) is 0.0386. The van der Waals surface area contributed by atoms with Gasteiger partial charge in [0.1, 0.15) is 12.6 Å². The van der Waals surface area contributed by atoms with Crippen LogP contribution in [0.15, 0.2) is 24.3 Å². The second kappa shape index (κ2) is 6.26. The lowest BCUT2D eigenvalue weighted by molar-refractivity contribution is -0.131. The first-order valence-electron chi connectivity index (χ1n) is 8.37. The molecule has 2 aliphatic rings. The topological polar surface area (TPSA) is 69.7 Å². The number of imide groups is 1. The monoisotopic (exact) mass is 329 g/mol. The van der Waals surface area contributed by atoms with Crippen LogP contribution >= 0.6 is 0 Å². The molecule has 2 atom stereocenters. The van der Waals surface area contributed by atoms with E-state index < -0.39 is 6.04 Å². The zero-order valence-electron chi connectivity index (χ0n) is 14.3. The first kappa shape index (κ1) is 16.5. The highest BCUT2D eigenvalue weighted by atomic mass is 16.2. The Morgan fingerprint density at radius 2 is 1.79 bits per heavy atom. The third-order valence-corrected chi connectivity index (χ3v) is 4.78. The molecule has 2 unspecified atom stereocenters. The van der Waals surface area contributed by atoms with E-state index in [1.807, 2.05) is 6.92 Å². The summed E-state index contributed by atoms with van der Waals surface area (Å²) in [5, 5.41) is 2.65. The van der Waals surface area contributed by atoms with Gasteiger partial charge in [-0.1, -0.05) is 38.1 Å². The lowest BCUT2D eigenvalue weighted by atomic mass is 9.99. The maximum atomic E-state index is 12.5. The summed E-state index contributed by atoms with van der Waals surface area (Å²) in [7, 11) is 0. The number of hydrogen-bond acceptors (Lipinski definition) is 3. The number of rotatable bonds is 4. The van der Waals surface area contributed by atoms with Crippen molar-refractivity contribution in [3.05, 3.63) is 35.4 Å². The molecule has 6 nitrogen and oxygen atoms in total. The second-order valence-electron chi connectivity index (χ2n) is 6.89. The van der Waals surface area contributed by atoms with Crippen molar-refractivity contribution < 1.29 is 14.4 Å². The minimum atomic E-state index is -0.555. The molecule has 2 aliphatic heterocycles. The van der Waals surface area contributed by atoms with Gasteiger partial charge in [0, 0.05) is 12.6 Å². The first-order valence-corrected chi connectivity index (χ1v) is 8.37. The van der Waals surface area contributed by atoms with E-state index in [9.17, 15) is 14.4 Å². The van der Waals surface area contributed by atoms with Crippen molar-refractivity contribution in [2.24, 2.45) is 0 Å². The molecule has 24 heavy (non-hydrogen) atoms. The molecular formula is C18H23N3O3. The van der Waals surface area contributed by atoms with Crippen molar-refractivity contribution in [1.29, 1.82) is 0 Å². The van der Waals surface area contributed by atoms with Crippen LogP contribution in [0.2, 0.25) is 0 Å². The number of nitrogens with one attached hydrogen (secondary N) is 1. The quantitative estimate of drug-likeness (QED) is 0.851. The highest BCUT2D eigenvalue weighted by Gasteiger charge is 2.49. The highest BCUT2D eigenvalue weighted by Crippen LogP contribution is 2.24. The molecule has 0 aliphatic carbocycles. The van der Waals surface area contributed by atoms with Crippen LogP contribution in [-0.4, -0.2) is 52.8 Å². The molecule has 128 valence electrons. The van der Waals surface area contributed by atoms with Gasteiger partial charge < -0.3 is 10.2 Å². The summed E-state index contributed by atoms with van der Waals surface area (Å²) in [6.45, 7) is 6.33. The Morgan fingerprint density at radius 3 is 2.42 bits per heavy atom. The molecule has 2 fully saturated rings. The van der Waals surface area contributed by atoms with E-state index >= 15 is 0 Å². The molecule has 3 rings (SSSR count). The Balaban J connectivity index is 1.72. The number of hydrogen-bond donors (Lipinski definition) is 1. The van der Waals surface area contributed by atoms with Crippen molar-refractivity contribution >= 4 is 17.8 Å². The molecule has 1 N–H and O–H groups in total. The van der Waals surface area contributed by atoms with Crippen LogP contribution in [-0.2, 0) is 16.0 Å². The molecule has 0 saturated carbocycles. The molecule has 0 bridgehead atoms. The fourth-order valence-corrected chi connectivity index (χ4v) is 3.33. The third kappa shape index (κ3) is 2.88. The molecule has 6 heteroatoms. The van der Waals surface area contributed by atoms with Crippen molar-refractivity contribution in [2.75, 3.05) is 13.1 Å². The van der Waals surface area contributed by atoms with E-state index in [2.05, 4.69) is 43.4 Å². The number of carbonyl (C=O) groups is 3. The highest BCUT2D eigenvalue weighted by molar-refractivity contribution is 6.07. The Hall–Kier alpha value is -2.37. The van der Waals surface area contributed by atoms with Gasteiger partial charge >= 0.3 is 6.03 Å². The summed E-state index contributed by atoms with van der Waals surface area (Å²) in [4.78, 5) is 39.2. The number of benzene rings is 1. The number of urea groups is 1. The predicted octanol–water partition coefficient (Wildman–Crippen LogP) is 1.50. The number of carbonyl (C=O) groups excluding carboxylic acids is 3. The number of piperazine rings is 1. The number of nitrogens with zero attached hydrogens (tertiary/aromatic N) is 2. The summed E-state index contributed by atoms with van der Waals surface area (Å²) < 4.78 is 0. The number of amides is 4. The van der Waals surface area contributed by atoms with Crippen LogP contribution in [0, 0.1) is 0 Å². The molecule has 1 aromatic rings. The predicted molar refractivity (Wildman–Crippen MR) is 89.4 cm³/mol. The zero-order chi connectivity index (χ0) is 17.4. The largest absolute Gasteiger partial charge is 0.352 e. The van der Waals surface area contributed by atoms with Crippen LogP contribution in [0.4, 0.5) is 4.79 Å². The van der Waals surface area contributed by atoms with E-state index in [1.165, 1.54) is 15.4 Å². The Morgan fingerprint density at radius 1 is 1.12 bits per heavy atom. The lowest BCUT2D eigenvalue weighted by Crippen LogP contribution is -2.54. The Kier molecular flexibility index (Phi) is 4.30. The molecular weight excluding hydrogens is 306 g/mol. The van der Waals surface area contributed by atoms with Gasteiger partial charge in [0.2, 0.25) is 5.91 Å². The average molecular weight is 329 g/mol. The number of fused-ring (bicyclic) bond motifs is 1. The van der Waals surface area contributed by atoms with Crippen molar-refractivity contribution in [2.45, 2.75) is 45.2 Å². The second-order valence-corrected chi connectivity index (χ2v) is 6.89. The third-order valence-electron chi connectivity index (χ3n) is 4.78. The van der Waals surface area contributed by atoms with E-state index in [1.54, 1.807) is 0 Å². The van der Waals surface area contributed by atoms with Crippen molar-refractivity contribution in [3.8, 4) is 0 Å². The minimum Gasteiger partial charge on any atom is -0.352 e. The SMILES string of the molecule is CC(C)c1ccc(CC(C)N2C(=O)C3CNC(=O)CN3C2=O)cc1. The maximum Gasteiger partial charge on any atom is 0.328 e. The summed E-state index contributed by atoms with van der Waals surface area (Å²) in [6.07, 6.45) is 0.609. The molecule has 4 amide bonds. The van der Waals surface area contributed by atoms with Crippen molar-refractivity contribution in [3.63, 3.8) is 0 Å². The van der Waals surface area contributed by atoms with Crippen LogP contribution in [0.5, 0.6) is 0 Å². The lowest BCUT2D eigenvalue weighted by Gasteiger charge is -2.26. The average Bonchev–Trinajstić information content (AvgIpc) is 2.78. The van der Waals surface area contributed by atoms with E-state index in [4.69, 9.17) is 0 Å². The molecule has 0 spiro atoms.